The van der Waals surface area contributed by atoms with Crippen molar-refractivity contribution in [1.82, 2.24) is 9.80 Å². The minimum absolute atomic E-state index is 0.372. The van der Waals surface area contributed by atoms with Crippen LogP contribution in [0.15, 0.2) is 24.3 Å². The average Bonchev–Trinajstić information content (AvgIpc) is 2.85. The number of β-amino-alcohol motifs (C(OH)–C–C–N with tert-alkyl or cyclic N) is 1. The normalized spacial score (nSPS) is 21.6. The van der Waals surface area contributed by atoms with Gasteiger partial charge < -0.3 is 10.0 Å². The number of hydrogen-bond donors (Lipinski definition) is 1. The standard InChI is InChI=1S/C17H28N2O/c1-4-14-7-9-15(10-8-14)17(20)13-19-11-5-6-16(19)12-18(2)3/h7-10,16-17,20H,4-6,11-13H2,1-3H3. The zero-order chi connectivity index (χ0) is 14.5. The van der Waals surface area contributed by atoms with Crippen molar-refractivity contribution in [1.29, 1.82) is 0 Å². The molecule has 20 heavy (non-hydrogen) atoms. The summed E-state index contributed by atoms with van der Waals surface area (Å²) in [6.07, 6.45) is 3.18. The highest BCUT2D eigenvalue weighted by molar-refractivity contribution is 5.24. The van der Waals surface area contributed by atoms with Gasteiger partial charge in [0, 0.05) is 19.1 Å². The van der Waals surface area contributed by atoms with Crippen LogP contribution in [-0.4, -0.2) is 54.7 Å². The van der Waals surface area contributed by atoms with Crippen LogP contribution in [0.5, 0.6) is 0 Å². The second-order valence-electron chi connectivity index (χ2n) is 6.16. The Morgan fingerprint density at radius 2 is 2.00 bits per heavy atom. The Morgan fingerprint density at radius 1 is 1.30 bits per heavy atom. The summed E-state index contributed by atoms with van der Waals surface area (Å²) < 4.78 is 0. The van der Waals surface area contributed by atoms with Gasteiger partial charge in [-0.1, -0.05) is 31.2 Å². The maximum atomic E-state index is 10.4. The van der Waals surface area contributed by atoms with Crippen molar-refractivity contribution in [2.75, 3.05) is 33.7 Å². The zero-order valence-corrected chi connectivity index (χ0v) is 13.0. The molecule has 0 spiro atoms. The minimum Gasteiger partial charge on any atom is -0.387 e. The first-order valence-electron chi connectivity index (χ1n) is 7.75. The minimum atomic E-state index is -0.372. The van der Waals surface area contributed by atoms with Gasteiger partial charge in [0.1, 0.15) is 0 Å². The molecule has 1 heterocycles. The molecule has 0 radical (unpaired) electrons. The molecule has 1 aliphatic heterocycles. The number of nitrogens with zero attached hydrogens (tertiary/aromatic N) is 2. The van der Waals surface area contributed by atoms with E-state index in [1.807, 2.05) is 0 Å². The maximum Gasteiger partial charge on any atom is 0.0917 e. The third-order valence-electron chi connectivity index (χ3n) is 4.26. The SMILES string of the molecule is CCc1ccc(C(O)CN2CCCC2CN(C)C)cc1. The average molecular weight is 276 g/mol. The monoisotopic (exact) mass is 276 g/mol. The summed E-state index contributed by atoms with van der Waals surface area (Å²) in [5, 5.41) is 10.4. The van der Waals surface area contributed by atoms with Crippen LogP contribution in [0.1, 0.15) is 37.0 Å². The van der Waals surface area contributed by atoms with E-state index in [0.29, 0.717) is 6.04 Å². The molecule has 0 aliphatic carbocycles. The number of likely N-dealkylation sites (N-methyl/N-ethyl adjacent to an activating group) is 1. The van der Waals surface area contributed by atoms with Gasteiger partial charge in [0.2, 0.25) is 0 Å². The van der Waals surface area contributed by atoms with Gasteiger partial charge in [-0.15, -0.1) is 0 Å². The van der Waals surface area contributed by atoms with Crippen LogP contribution in [0.3, 0.4) is 0 Å². The summed E-state index contributed by atoms with van der Waals surface area (Å²) in [6, 6.07) is 8.98. The summed E-state index contributed by atoms with van der Waals surface area (Å²) >= 11 is 0. The van der Waals surface area contributed by atoms with E-state index in [1.165, 1.54) is 18.4 Å². The second kappa shape index (κ2) is 7.21. The van der Waals surface area contributed by atoms with Gasteiger partial charge >= 0.3 is 0 Å². The lowest BCUT2D eigenvalue weighted by molar-refractivity contribution is 0.0980. The highest BCUT2D eigenvalue weighted by Crippen LogP contribution is 2.22. The van der Waals surface area contributed by atoms with Gasteiger partial charge in [0.15, 0.2) is 0 Å². The van der Waals surface area contributed by atoms with Gasteiger partial charge in [0.05, 0.1) is 6.10 Å². The van der Waals surface area contributed by atoms with Crippen LogP contribution < -0.4 is 0 Å². The number of rotatable bonds is 6. The number of aliphatic hydroxyl groups is 1. The fourth-order valence-electron chi connectivity index (χ4n) is 3.07. The smallest absolute Gasteiger partial charge is 0.0917 e. The predicted octanol–water partition coefficient (Wildman–Crippen LogP) is 2.31. The molecule has 2 atom stereocenters. The summed E-state index contributed by atoms with van der Waals surface area (Å²) in [4.78, 5) is 4.68. The van der Waals surface area contributed by atoms with Gasteiger partial charge in [-0.2, -0.15) is 0 Å². The van der Waals surface area contributed by atoms with E-state index in [-0.39, 0.29) is 6.10 Å². The van der Waals surface area contributed by atoms with Crippen molar-refractivity contribution in [3.05, 3.63) is 35.4 Å². The molecular formula is C17H28N2O. The lowest BCUT2D eigenvalue weighted by Crippen LogP contribution is -2.39. The molecule has 1 fully saturated rings. The Kier molecular flexibility index (Phi) is 5.58. The molecular weight excluding hydrogens is 248 g/mol. The third kappa shape index (κ3) is 4.05. The first-order chi connectivity index (χ1) is 9.60. The summed E-state index contributed by atoms with van der Waals surface area (Å²) in [5.41, 5.74) is 2.37. The van der Waals surface area contributed by atoms with Crippen LogP contribution in [-0.2, 0) is 6.42 Å². The maximum absolute atomic E-state index is 10.4. The van der Waals surface area contributed by atoms with Crippen molar-refractivity contribution in [2.24, 2.45) is 0 Å². The fraction of sp³-hybridized carbons (Fsp3) is 0.647. The first kappa shape index (κ1) is 15.5. The topological polar surface area (TPSA) is 26.7 Å². The lowest BCUT2D eigenvalue weighted by Gasteiger charge is -2.29. The number of hydrogen-bond acceptors (Lipinski definition) is 3. The Morgan fingerprint density at radius 3 is 2.60 bits per heavy atom. The van der Waals surface area contributed by atoms with E-state index >= 15 is 0 Å². The van der Waals surface area contributed by atoms with Crippen LogP contribution in [0.25, 0.3) is 0 Å². The van der Waals surface area contributed by atoms with Crippen LogP contribution in [0.4, 0.5) is 0 Å². The van der Waals surface area contributed by atoms with Crippen molar-refractivity contribution in [2.45, 2.75) is 38.3 Å². The summed E-state index contributed by atoms with van der Waals surface area (Å²) in [7, 11) is 4.24. The van der Waals surface area contributed by atoms with E-state index in [2.05, 4.69) is 55.1 Å². The molecule has 2 rings (SSSR count). The first-order valence-corrected chi connectivity index (χ1v) is 7.75. The molecule has 3 nitrogen and oxygen atoms in total. The highest BCUT2D eigenvalue weighted by Gasteiger charge is 2.26. The summed E-state index contributed by atoms with van der Waals surface area (Å²) in [6.45, 7) is 5.11. The van der Waals surface area contributed by atoms with Gasteiger partial charge in [-0.3, -0.25) is 4.90 Å². The molecule has 1 aromatic rings. The van der Waals surface area contributed by atoms with E-state index < -0.39 is 0 Å². The molecule has 2 unspecified atom stereocenters. The van der Waals surface area contributed by atoms with E-state index in [0.717, 1.165) is 31.6 Å². The molecule has 1 aliphatic rings. The molecule has 0 bridgehead atoms. The molecule has 3 heteroatoms. The van der Waals surface area contributed by atoms with Gasteiger partial charge in [0.25, 0.3) is 0 Å². The van der Waals surface area contributed by atoms with E-state index in [1.54, 1.807) is 0 Å². The Labute approximate surface area is 123 Å². The number of benzene rings is 1. The Hall–Kier alpha value is -0.900. The van der Waals surface area contributed by atoms with E-state index in [4.69, 9.17) is 0 Å². The highest BCUT2D eigenvalue weighted by atomic mass is 16.3. The molecule has 1 saturated heterocycles. The molecule has 1 aromatic carbocycles. The lowest BCUT2D eigenvalue weighted by atomic mass is 10.1. The van der Waals surface area contributed by atoms with Gasteiger partial charge in [-0.25, -0.2) is 0 Å². The van der Waals surface area contributed by atoms with E-state index in [9.17, 15) is 5.11 Å². The predicted molar refractivity (Wildman–Crippen MR) is 83.9 cm³/mol. The quantitative estimate of drug-likeness (QED) is 0.864. The largest absolute Gasteiger partial charge is 0.387 e. The van der Waals surface area contributed by atoms with Crippen LogP contribution in [0.2, 0.25) is 0 Å². The Balaban J connectivity index is 1.93. The molecule has 0 amide bonds. The number of likely N-dealkylation sites (tertiary alicyclic amines) is 1. The second-order valence-corrected chi connectivity index (χ2v) is 6.16. The van der Waals surface area contributed by atoms with Crippen molar-refractivity contribution in [3.63, 3.8) is 0 Å². The van der Waals surface area contributed by atoms with Crippen molar-refractivity contribution in [3.8, 4) is 0 Å². The fourth-order valence-corrected chi connectivity index (χ4v) is 3.07. The Bertz CT molecular complexity index is 402. The molecule has 0 aromatic heterocycles. The third-order valence-corrected chi connectivity index (χ3v) is 4.26. The molecule has 1 N–H and O–H groups in total. The van der Waals surface area contributed by atoms with Crippen molar-refractivity contribution < 1.29 is 5.11 Å². The van der Waals surface area contributed by atoms with Crippen LogP contribution in [0, 0.1) is 0 Å². The van der Waals surface area contributed by atoms with Crippen molar-refractivity contribution >= 4 is 0 Å². The summed E-state index contributed by atoms with van der Waals surface area (Å²) in [5.74, 6) is 0. The zero-order valence-electron chi connectivity index (χ0n) is 13.0. The number of aliphatic hydroxyl groups excluding tert-OH is 1. The molecule has 0 saturated carbocycles. The van der Waals surface area contributed by atoms with Crippen LogP contribution >= 0.6 is 0 Å². The number of aryl methyl sites for hydroxylation is 1. The van der Waals surface area contributed by atoms with Gasteiger partial charge in [-0.05, 0) is 51.0 Å². The molecule has 112 valence electrons.